The molecule has 5 heteroatoms. The van der Waals surface area contributed by atoms with Crippen LogP contribution < -0.4 is 10.1 Å². The highest BCUT2D eigenvalue weighted by molar-refractivity contribution is 5.52. The predicted molar refractivity (Wildman–Crippen MR) is 111 cm³/mol. The molecule has 1 aromatic heterocycles. The summed E-state index contributed by atoms with van der Waals surface area (Å²) in [4.78, 5) is 9.31. The van der Waals surface area contributed by atoms with Crippen molar-refractivity contribution in [2.45, 2.75) is 66.3 Å². The van der Waals surface area contributed by atoms with E-state index in [0.29, 0.717) is 24.1 Å². The number of ether oxygens (including phenoxy) is 1. The van der Waals surface area contributed by atoms with Crippen LogP contribution in [0.5, 0.6) is 11.5 Å². The van der Waals surface area contributed by atoms with E-state index in [1.807, 2.05) is 19.9 Å². The topological polar surface area (TPSA) is 67.3 Å². The number of aromatic nitrogens is 2. The van der Waals surface area contributed by atoms with E-state index in [4.69, 9.17) is 9.72 Å². The largest absolute Gasteiger partial charge is 0.508 e. The van der Waals surface area contributed by atoms with E-state index in [1.54, 1.807) is 19.2 Å². The minimum atomic E-state index is 0.200. The zero-order chi connectivity index (χ0) is 20.0. The molecule has 2 atom stereocenters. The number of aromatic hydroxyl groups is 1. The summed E-state index contributed by atoms with van der Waals surface area (Å²) in [6, 6.07) is 5.62. The fourth-order valence-electron chi connectivity index (χ4n) is 3.41. The van der Waals surface area contributed by atoms with Crippen LogP contribution in [0.4, 0.5) is 5.82 Å². The molecule has 148 valence electrons. The molecule has 2 rings (SSSR count). The van der Waals surface area contributed by atoms with Gasteiger partial charge in [0.1, 0.15) is 23.1 Å². The molecule has 27 heavy (non-hydrogen) atoms. The van der Waals surface area contributed by atoms with E-state index in [9.17, 15) is 5.11 Å². The highest BCUT2D eigenvalue weighted by Gasteiger charge is 2.20. The number of rotatable bonds is 9. The van der Waals surface area contributed by atoms with Gasteiger partial charge in [-0.25, -0.2) is 9.97 Å². The summed E-state index contributed by atoms with van der Waals surface area (Å²) < 4.78 is 5.46. The Kier molecular flexibility index (Phi) is 7.45. The molecule has 0 aliphatic heterocycles. The Hall–Kier alpha value is -2.30. The van der Waals surface area contributed by atoms with Gasteiger partial charge in [0.25, 0.3) is 0 Å². The van der Waals surface area contributed by atoms with Gasteiger partial charge >= 0.3 is 0 Å². The van der Waals surface area contributed by atoms with E-state index in [0.717, 1.165) is 47.7 Å². The van der Waals surface area contributed by atoms with Crippen LogP contribution in [0.3, 0.4) is 0 Å². The number of phenols is 1. The Balaban J connectivity index is 2.42. The highest BCUT2D eigenvalue weighted by atomic mass is 16.5. The van der Waals surface area contributed by atoms with Gasteiger partial charge in [-0.1, -0.05) is 39.7 Å². The first-order chi connectivity index (χ1) is 12.9. The maximum atomic E-state index is 9.73. The van der Waals surface area contributed by atoms with Gasteiger partial charge in [0.2, 0.25) is 0 Å². The monoisotopic (exact) mass is 371 g/mol. The molecule has 2 aromatic rings. The zero-order valence-corrected chi connectivity index (χ0v) is 17.5. The lowest BCUT2D eigenvalue weighted by atomic mass is 9.94. The Bertz CT molecular complexity index is 761. The summed E-state index contributed by atoms with van der Waals surface area (Å²) in [6.07, 6.45) is 4.02. The van der Waals surface area contributed by atoms with Gasteiger partial charge < -0.3 is 15.2 Å². The number of methoxy groups -OCH3 is 1. The average Bonchev–Trinajstić information content (AvgIpc) is 2.64. The van der Waals surface area contributed by atoms with Crippen LogP contribution in [-0.2, 0) is 6.42 Å². The van der Waals surface area contributed by atoms with Gasteiger partial charge in [0, 0.05) is 29.8 Å². The lowest BCUT2D eigenvalue weighted by Gasteiger charge is -2.26. The van der Waals surface area contributed by atoms with Crippen LogP contribution in [-0.4, -0.2) is 28.2 Å². The number of nitrogens with zero attached hydrogens (tertiary/aromatic N) is 2. The SMILES string of the molecule is CCCC(Nc1nc(C)nc(C)c1Cc1ccc(O)cc1OC)C(C)CC. The third-order valence-corrected chi connectivity index (χ3v) is 5.22. The number of benzene rings is 1. The van der Waals surface area contributed by atoms with Gasteiger partial charge in [-0.15, -0.1) is 0 Å². The maximum Gasteiger partial charge on any atom is 0.133 e. The Morgan fingerprint density at radius 3 is 2.56 bits per heavy atom. The molecule has 2 N–H and O–H groups in total. The van der Waals surface area contributed by atoms with Crippen LogP contribution in [0.1, 0.15) is 62.7 Å². The van der Waals surface area contributed by atoms with Crippen LogP contribution >= 0.6 is 0 Å². The molecule has 0 aliphatic carbocycles. The standard InChI is InChI=1S/C22H33N3O2/c1-7-9-20(14(3)8-2)25-22-19(15(4)23-16(5)24-22)12-17-10-11-18(26)13-21(17)27-6/h10-11,13-14,20,26H,7-9,12H2,1-6H3,(H,23,24,25). The predicted octanol–water partition coefficient (Wildman–Crippen LogP) is 5.03. The molecule has 5 nitrogen and oxygen atoms in total. The minimum absolute atomic E-state index is 0.200. The molecule has 0 bridgehead atoms. The molecule has 0 aliphatic rings. The van der Waals surface area contributed by atoms with Gasteiger partial charge in [0.15, 0.2) is 0 Å². The highest BCUT2D eigenvalue weighted by Crippen LogP contribution is 2.30. The summed E-state index contributed by atoms with van der Waals surface area (Å²) >= 11 is 0. The molecule has 0 spiro atoms. The number of phenolic OH excluding ortho intramolecular Hbond substituents is 1. The summed E-state index contributed by atoms with van der Waals surface area (Å²) in [7, 11) is 1.62. The fourth-order valence-corrected chi connectivity index (χ4v) is 3.41. The van der Waals surface area contributed by atoms with Crippen molar-refractivity contribution in [2.24, 2.45) is 5.92 Å². The van der Waals surface area contributed by atoms with Gasteiger partial charge in [-0.3, -0.25) is 0 Å². The molecule has 0 saturated heterocycles. The van der Waals surface area contributed by atoms with E-state index in [2.05, 4.69) is 31.1 Å². The number of hydrogen-bond donors (Lipinski definition) is 2. The van der Waals surface area contributed by atoms with E-state index < -0.39 is 0 Å². The average molecular weight is 372 g/mol. The lowest BCUT2D eigenvalue weighted by molar-refractivity contribution is 0.403. The first kappa shape index (κ1) is 21.0. The van der Waals surface area contributed by atoms with Crippen molar-refractivity contribution in [3.05, 3.63) is 40.8 Å². The molecular weight excluding hydrogens is 338 g/mol. The quantitative estimate of drug-likeness (QED) is 0.647. The Morgan fingerprint density at radius 2 is 1.93 bits per heavy atom. The maximum absolute atomic E-state index is 9.73. The number of aryl methyl sites for hydroxylation is 2. The molecule has 0 fully saturated rings. The van der Waals surface area contributed by atoms with E-state index >= 15 is 0 Å². The van der Waals surface area contributed by atoms with E-state index in [1.165, 1.54) is 0 Å². The van der Waals surface area contributed by atoms with E-state index in [-0.39, 0.29) is 5.75 Å². The third kappa shape index (κ3) is 5.34. The first-order valence-corrected chi connectivity index (χ1v) is 9.86. The molecule has 0 saturated carbocycles. The van der Waals surface area contributed by atoms with Crippen molar-refractivity contribution < 1.29 is 9.84 Å². The second-order valence-electron chi connectivity index (χ2n) is 7.28. The van der Waals surface area contributed by atoms with Crippen LogP contribution in [0, 0.1) is 19.8 Å². The van der Waals surface area contributed by atoms with Crippen LogP contribution in [0.15, 0.2) is 18.2 Å². The van der Waals surface area contributed by atoms with Crippen molar-refractivity contribution in [1.29, 1.82) is 0 Å². The van der Waals surface area contributed by atoms with Crippen molar-refractivity contribution in [3.8, 4) is 11.5 Å². The number of nitrogens with one attached hydrogen (secondary N) is 1. The smallest absolute Gasteiger partial charge is 0.133 e. The van der Waals surface area contributed by atoms with Crippen LogP contribution in [0.2, 0.25) is 0 Å². The second kappa shape index (κ2) is 9.58. The zero-order valence-electron chi connectivity index (χ0n) is 17.5. The Labute approximate surface area is 163 Å². The molecule has 1 heterocycles. The lowest BCUT2D eigenvalue weighted by Crippen LogP contribution is -2.28. The van der Waals surface area contributed by atoms with Crippen molar-refractivity contribution in [3.63, 3.8) is 0 Å². The second-order valence-corrected chi connectivity index (χ2v) is 7.28. The fraction of sp³-hybridized carbons (Fsp3) is 0.545. The molecule has 0 amide bonds. The summed E-state index contributed by atoms with van der Waals surface area (Å²) in [5.41, 5.74) is 3.05. The normalized spacial score (nSPS) is 13.3. The van der Waals surface area contributed by atoms with Crippen molar-refractivity contribution in [2.75, 3.05) is 12.4 Å². The number of anilines is 1. The van der Waals surface area contributed by atoms with Crippen molar-refractivity contribution in [1.82, 2.24) is 9.97 Å². The molecule has 1 aromatic carbocycles. The molecule has 0 radical (unpaired) electrons. The van der Waals surface area contributed by atoms with Crippen molar-refractivity contribution >= 4 is 5.82 Å². The summed E-state index contributed by atoms with van der Waals surface area (Å²) in [5.74, 6) is 3.12. The van der Waals surface area contributed by atoms with Crippen LogP contribution in [0.25, 0.3) is 0 Å². The first-order valence-electron chi connectivity index (χ1n) is 9.86. The van der Waals surface area contributed by atoms with Gasteiger partial charge in [-0.05, 0) is 37.8 Å². The van der Waals surface area contributed by atoms with Gasteiger partial charge in [-0.2, -0.15) is 0 Å². The number of hydrogen-bond acceptors (Lipinski definition) is 5. The summed E-state index contributed by atoms with van der Waals surface area (Å²) in [6.45, 7) is 10.7. The minimum Gasteiger partial charge on any atom is -0.508 e. The third-order valence-electron chi connectivity index (χ3n) is 5.22. The summed E-state index contributed by atoms with van der Waals surface area (Å²) in [5, 5.41) is 13.4. The molecular formula is C22H33N3O2. The molecule has 2 unspecified atom stereocenters. The Morgan fingerprint density at radius 1 is 1.19 bits per heavy atom. The van der Waals surface area contributed by atoms with Gasteiger partial charge in [0.05, 0.1) is 7.11 Å².